The van der Waals surface area contributed by atoms with E-state index in [-0.39, 0.29) is 18.2 Å². The van der Waals surface area contributed by atoms with Crippen molar-refractivity contribution in [2.75, 3.05) is 41.9 Å². The van der Waals surface area contributed by atoms with Crippen molar-refractivity contribution >= 4 is 28.9 Å². The maximum atomic E-state index is 12.7. The van der Waals surface area contributed by atoms with E-state index in [1.807, 2.05) is 80.5 Å². The molecule has 0 spiro atoms. The largest absolute Gasteiger partial charge is 0.378 e. The minimum Gasteiger partial charge on any atom is -0.378 e. The van der Waals surface area contributed by atoms with Crippen LogP contribution in [0.15, 0.2) is 54.6 Å². The molecule has 0 radical (unpaired) electrons. The summed E-state index contributed by atoms with van der Waals surface area (Å²) < 4.78 is 0. The van der Waals surface area contributed by atoms with Gasteiger partial charge in [0.1, 0.15) is 0 Å². The van der Waals surface area contributed by atoms with E-state index in [9.17, 15) is 9.59 Å². The third kappa shape index (κ3) is 4.85. The number of amides is 2. The molecule has 2 amide bonds. The zero-order chi connectivity index (χ0) is 19.1. The number of para-hydroxylation sites is 1. The van der Waals surface area contributed by atoms with Gasteiger partial charge in [0.05, 0.1) is 0 Å². The van der Waals surface area contributed by atoms with Crippen molar-refractivity contribution in [2.24, 2.45) is 0 Å². The first kappa shape index (κ1) is 19.5. The van der Waals surface area contributed by atoms with Crippen LogP contribution in [-0.4, -0.2) is 39.0 Å². The van der Waals surface area contributed by atoms with E-state index >= 15 is 0 Å². The van der Waals surface area contributed by atoms with E-state index in [2.05, 4.69) is 0 Å². The van der Waals surface area contributed by atoms with Gasteiger partial charge in [0.15, 0.2) is 0 Å². The molecule has 0 aliphatic carbocycles. The van der Waals surface area contributed by atoms with E-state index in [0.29, 0.717) is 13.1 Å². The first-order valence-corrected chi connectivity index (χ1v) is 8.85. The van der Waals surface area contributed by atoms with E-state index in [1.54, 1.807) is 9.80 Å². The Hall–Kier alpha value is -2.82. The van der Waals surface area contributed by atoms with Gasteiger partial charge in [-0.15, -0.1) is 0 Å². The number of anilines is 3. The smallest absolute Gasteiger partial charge is 0.228 e. The average molecular weight is 353 g/mol. The molecule has 2 rings (SSSR count). The molecule has 0 bridgehead atoms. The Balaban J connectivity index is 2.08. The second-order valence-electron chi connectivity index (χ2n) is 6.31. The molecule has 2 aromatic carbocycles. The van der Waals surface area contributed by atoms with Crippen LogP contribution < -0.4 is 14.7 Å². The molecule has 0 saturated carbocycles. The summed E-state index contributed by atoms with van der Waals surface area (Å²) in [6, 6.07) is 17.4. The molecule has 26 heavy (non-hydrogen) atoms. The summed E-state index contributed by atoms with van der Waals surface area (Å²) in [7, 11) is 3.94. The maximum absolute atomic E-state index is 12.7. The fourth-order valence-corrected chi connectivity index (χ4v) is 2.85. The number of hydrogen-bond acceptors (Lipinski definition) is 3. The van der Waals surface area contributed by atoms with Crippen LogP contribution in [0.25, 0.3) is 0 Å². The van der Waals surface area contributed by atoms with Crippen molar-refractivity contribution in [1.29, 1.82) is 0 Å². The zero-order valence-corrected chi connectivity index (χ0v) is 16.0. The summed E-state index contributed by atoms with van der Waals surface area (Å²) in [5.74, 6) is -0.0620. The van der Waals surface area contributed by atoms with Crippen LogP contribution >= 0.6 is 0 Å². The van der Waals surface area contributed by atoms with Crippen molar-refractivity contribution < 1.29 is 9.59 Å². The third-order valence-electron chi connectivity index (χ3n) is 4.29. The second kappa shape index (κ2) is 9.04. The van der Waals surface area contributed by atoms with E-state index in [1.165, 1.54) is 6.92 Å². The Morgan fingerprint density at radius 3 is 1.85 bits per heavy atom. The molecule has 0 unspecified atom stereocenters. The number of nitrogens with zero attached hydrogens (tertiary/aromatic N) is 3. The molecule has 138 valence electrons. The van der Waals surface area contributed by atoms with Crippen LogP contribution in [0.3, 0.4) is 0 Å². The molecular formula is C21H27N3O2. The monoisotopic (exact) mass is 353 g/mol. The van der Waals surface area contributed by atoms with Gasteiger partial charge in [-0.1, -0.05) is 18.2 Å². The molecule has 0 N–H and O–H groups in total. The van der Waals surface area contributed by atoms with Gasteiger partial charge in [0.25, 0.3) is 0 Å². The molecule has 5 nitrogen and oxygen atoms in total. The van der Waals surface area contributed by atoms with Crippen LogP contribution in [0.1, 0.15) is 20.3 Å². The van der Waals surface area contributed by atoms with Crippen molar-refractivity contribution in [2.45, 2.75) is 20.3 Å². The minimum absolute atomic E-state index is 0.00913. The van der Waals surface area contributed by atoms with Crippen molar-refractivity contribution in [1.82, 2.24) is 0 Å². The van der Waals surface area contributed by atoms with Crippen molar-refractivity contribution in [3.63, 3.8) is 0 Å². The van der Waals surface area contributed by atoms with E-state index < -0.39 is 0 Å². The molecule has 0 aromatic heterocycles. The predicted molar refractivity (Wildman–Crippen MR) is 108 cm³/mol. The summed E-state index contributed by atoms with van der Waals surface area (Å²) in [6.07, 6.45) is 0.276. The van der Waals surface area contributed by atoms with Crippen LogP contribution in [0, 0.1) is 0 Å². The fourth-order valence-electron chi connectivity index (χ4n) is 2.85. The molecule has 0 aliphatic heterocycles. The number of hydrogen-bond donors (Lipinski definition) is 0. The number of carbonyl (C=O) groups excluding carboxylic acids is 2. The first-order chi connectivity index (χ1) is 12.4. The van der Waals surface area contributed by atoms with Crippen LogP contribution in [-0.2, 0) is 9.59 Å². The molecule has 0 atom stereocenters. The summed E-state index contributed by atoms with van der Waals surface area (Å²) in [5, 5.41) is 0. The Bertz CT molecular complexity index is 727. The first-order valence-electron chi connectivity index (χ1n) is 8.85. The van der Waals surface area contributed by atoms with Crippen LogP contribution in [0.2, 0.25) is 0 Å². The summed E-state index contributed by atoms with van der Waals surface area (Å²) >= 11 is 0. The lowest BCUT2D eigenvalue weighted by molar-refractivity contribution is -0.118. The Morgan fingerprint density at radius 1 is 0.808 bits per heavy atom. The van der Waals surface area contributed by atoms with Crippen molar-refractivity contribution in [3.05, 3.63) is 54.6 Å². The van der Waals surface area contributed by atoms with Gasteiger partial charge in [-0.2, -0.15) is 0 Å². The van der Waals surface area contributed by atoms with Gasteiger partial charge < -0.3 is 14.7 Å². The van der Waals surface area contributed by atoms with Gasteiger partial charge in [-0.25, -0.2) is 0 Å². The summed E-state index contributed by atoms with van der Waals surface area (Å²) in [4.78, 5) is 30.1. The van der Waals surface area contributed by atoms with E-state index in [4.69, 9.17) is 0 Å². The Morgan fingerprint density at radius 2 is 1.35 bits per heavy atom. The second-order valence-corrected chi connectivity index (χ2v) is 6.31. The van der Waals surface area contributed by atoms with Crippen molar-refractivity contribution in [3.8, 4) is 0 Å². The predicted octanol–water partition coefficient (Wildman–Crippen LogP) is 3.55. The summed E-state index contributed by atoms with van der Waals surface area (Å²) in [5.41, 5.74) is 2.75. The number of rotatable bonds is 7. The number of carbonyl (C=O) groups is 2. The minimum atomic E-state index is -0.0711. The van der Waals surface area contributed by atoms with E-state index in [0.717, 1.165) is 17.1 Å². The quantitative estimate of drug-likeness (QED) is 0.765. The highest BCUT2D eigenvalue weighted by Gasteiger charge is 2.18. The molecule has 5 heteroatoms. The molecule has 0 aliphatic rings. The molecule has 2 aromatic rings. The summed E-state index contributed by atoms with van der Waals surface area (Å²) in [6.45, 7) is 4.44. The molecule has 0 fully saturated rings. The third-order valence-corrected chi connectivity index (χ3v) is 4.29. The lowest BCUT2D eigenvalue weighted by Gasteiger charge is -2.25. The molecular weight excluding hydrogens is 326 g/mol. The molecule has 0 saturated heterocycles. The van der Waals surface area contributed by atoms with Gasteiger partial charge in [0, 0.05) is 57.6 Å². The van der Waals surface area contributed by atoms with Gasteiger partial charge in [0.2, 0.25) is 11.8 Å². The van der Waals surface area contributed by atoms with Gasteiger partial charge in [-0.05, 0) is 43.3 Å². The van der Waals surface area contributed by atoms with Crippen LogP contribution in [0.5, 0.6) is 0 Å². The zero-order valence-electron chi connectivity index (χ0n) is 16.0. The maximum Gasteiger partial charge on any atom is 0.228 e. The SMILES string of the molecule is CCN(C(=O)CCN(C(C)=O)c1ccc(N(C)C)cc1)c1ccccc1. The highest BCUT2D eigenvalue weighted by Crippen LogP contribution is 2.21. The highest BCUT2D eigenvalue weighted by atomic mass is 16.2. The Kier molecular flexibility index (Phi) is 6.78. The van der Waals surface area contributed by atoms with Gasteiger partial charge in [-0.3, -0.25) is 9.59 Å². The lowest BCUT2D eigenvalue weighted by atomic mass is 10.2. The topological polar surface area (TPSA) is 43.9 Å². The normalized spacial score (nSPS) is 10.3. The lowest BCUT2D eigenvalue weighted by Crippen LogP contribution is -2.36. The average Bonchev–Trinajstić information content (AvgIpc) is 2.63. The highest BCUT2D eigenvalue weighted by molar-refractivity contribution is 5.96. The van der Waals surface area contributed by atoms with Gasteiger partial charge >= 0.3 is 0 Å². The molecule has 0 heterocycles. The number of benzene rings is 2. The standard InChI is InChI=1S/C21H27N3O2/c1-5-23(19-9-7-6-8-10-19)21(26)15-16-24(17(2)25)20-13-11-18(12-14-20)22(3)4/h6-14H,5,15-16H2,1-4H3. The van der Waals surface area contributed by atoms with Crippen LogP contribution in [0.4, 0.5) is 17.1 Å². The fraction of sp³-hybridized carbons (Fsp3) is 0.333. The Labute approximate surface area is 155 Å².